The van der Waals surface area contributed by atoms with E-state index in [2.05, 4.69) is 22.1 Å². The molecule has 0 unspecified atom stereocenters. The summed E-state index contributed by atoms with van der Waals surface area (Å²) in [7, 11) is 1.73. The zero-order chi connectivity index (χ0) is 19.3. The van der Waals surface area contributed by atoms with E-state index in [1.807, 2.05) is 19.1 Å². The molecular formula is C20H34N4O3. The number of piperidine rings is 1. The van der Waals surface area contributed by atoms with Crippen molar-refractivity contribution in [1.29, 1.82) is 0 Å². The van der Waals surface area contributed by atoms with Crippen LogP contribution in [0.25, 0.3) is 0 Å². The van der Waals surface area contributed by atoms with Gasteiger partial charge >= 0.3 is 0 Å². The summed E-state index contributed by atoms with van der Waals surface area (Å²) in [4.78, 5) is 11.4. The highest BCUT2D eigenvalue weighted by atomic mass is 16.5. The number of aromatic nitrogens is 1. The number of nitrogens with one attached hydrogen (secondary N) is 1. The third kappa shape index (κ3) is 7.34. The molecule has 7 heteroatoms. The van der Waals surface area contributed by atoms with E-state index >= 15 is 0 Å². The van der Waals surface area contributed by atoms with Gasteiger partial charge in [0, 0.05) is 51.7 Å². The summed E-state index contributed by atoms with van der Waals surface area (Å²) >= 11 is 0. The fraction of sp³-hybridized carbons (Fsp3) is 0.700. The first-order chi connectivity index (χ1) is 13.3. The molecule has 0 saturated carbocycles. The molecule has 0 amide bonds. The predicted molar refractivity (Wildman–Crippen MR) is 107 cm³/mol. The standard InChI is InChI=1S/C20H34N4O3/c1-4-21-20(23-16-17-8-6-11-22-19(17)26-5-2)24-12-9-18(10-13-24)27-15-7-14-25-3/h6,8,11,18H,4-5,7,9-10,12-16H2,1-3H3,(H,21,23). The second-order valence-electron chi connectivity index (χ2n) is 6.47. The zero-order valence-electron chi connectivity index (χ0n) is 16.9. The third-order valence-electron chi connectivity index (χ3n) is 4.45. The molecule has 1 fully saturated rings. The summed E-state index contributed by atoms with van der Waals surface area (Å²) in [5.41, 5.74) is 1.01. The van der Waals surface area contributed by atoms with Crippen LogP contribution >= 0.6 is 0 Å². The van der Waals surface area contributed by atoms with Gasteiger partial charge in [-0.1, -0.05) is 6.07 Å². The van der Waals surface area contributed by atoms with Crippen LogP contribution in [0.2, 0.25) is 0 Å². The van der Waals surface area contributed by atoms with Crippen molar-refractivity contribution in [3.05, 3.63) is 23.9 Å². The van der Waals surface area contributed by atoms with Gasteiger partial charge < -0.3 is 24.4 Å². The van der Waals surface area contributed by atoms with Crippen molar-refractivity contribution in [2.24, 2.45) is 4.99 Å². The van der Waals surface area contributed by atoms with E-state index in [0.29, 0.717) is 25.1 Å². The molecule has 2 heterocycles. The minimum absolute atomic E-state index is 0.337. The van der Waals surface area contributed by atoms with Crippen LogP contribution in [0.15, 0.2) is 23.3 Å². The largest absolute Gasteiger partial charge is 0.478 e. The number of likely N-dealkylation sites (tertiary alicyclic amines) is 1. The second-order valence-corrected chi connectivity index (χ2v) is 6.47. The number of pyridine rings is 1. The molecule has 27 heavy (non-hydrogen) atoms. The maximum Gasteiger partial charge on any atom is 0.218 e. The van der Waals surface area contributed by atoms with Crippen molar-refractivity contribution in [2.45, 2.75) is 45.8 Å². The topological polar surface area (TPSA) is 68.2 Å². The predicted octanol–water partition coefficient (Wildman–Crippen LogP) is 2.46. The van der Waals surface area contributed by atoms with Crippen molar-refractivity contribution >= 4 is 5.96 Å². The van der Waals surface area contributed by atoms with E-state index < -0.39 is 0 Å². The Morgan fingerprint density at radius 2 is 2.11 bits per heavy atom. The van der Waals surface area contributed by atoms with E-state index in [-0.39, 0.29) is 0 Å². The second kappa shape index (κ2) is 12.5. The van der Waals surface area contributed by atoms with Gasteiger partial charge in [-0.25, -0.2) is 9.98 Å². The Bertz CT molecular complexity index is 560. The van der Waals surface area contributed by atoms with Crippen molar-refractivity contribution in [3.8, 4) is 5.88 Å². The molecule has 0 bridgehead atoms. The zero-order valence-corrected chi connectivity index (χ0v) is 16.9. The smallest absolute Gasteiger partial charge is 0.218 e. The van der Waals surface area contributed by atoms with Gasteiger partial charge in [-0.15, -0.1) is 0 Å². The summed E-state index contributed by atoms with van der Waals surface area (Å²) in [6.07, 6.45) is 5.08. The maximum absolute atomic E-state index is 5.95. The molecule has 1 aromatic heterocycles. The lowest BCUT2D eigenvalue weighted by atomic mass is 10.1. The lowest BCUT2D eigenvalue weighted by Crippen LogP contribution is -2.47. The van der Waals surface area contributed by atoms with E-state index in [1.165, 1.54) is 0 Å². The average Bonchev–Trinajstić information content (AvgIpc) is 2.70. The number of ether oxygens (including phenoxy) is 3. The number of nitrogens with zero attached hydrogens (tertiary/aromatic N) is 3. The van der Waals surface area contributed by atoms with Crippen LogP contribution in [0.1, 0.15) is 38.7 Å². The number of methoxy groups -OCH3 is 1. The highest BCUT2D eigenvalue weighted by Gasteiger charge is 2.22. The Morgan fingerprint density at radius 1 is 1.30 bits per heavy atom. The summed E-state index contributed by atoms with van der Waals surface area (Å²) < 4.78 is 16.6. The lowest BCUT2D eigenvalue weighted by molar-refractivity contribution is 0.00990. The van der Waals surface area contributed by atoms with Crippen molar-refractivity contribution in [2.75, 3.05) is 46.6 Å². The van der Waals surface area contributed by atoms with Crippen LogP contribution in [0, 0.1) is 0 Å². The highest BCUT2D eigenvalue weighted by molar-refractivity contribution is 5.80. The van der Waals surface area contributed by atoms with Gasteiger partial charge in [0.25, 0.3) is 0 Å². The third-order valence-corrected chi connectivity index (χ3v) is 4.45. The molecule has 0 radical (unpaired) electrons. The van der Waals surface area contributed by atoms with Gasteiger partial charge in [-0.05, 0) is 39.2 Å². The Hall–Kier alpha value is -1.86. The molecule has 0 aliphatic carbocycles. The summed E-state index contributed by atoms with van der Waals surface area (Å²) in [5, 5.41) is 3.41. The lowest BCUT2D eigenvalue weighted by Gasteiger charge is -2.34. The van der Waals surface area contributed by atoms with Crippen molar-refractivity contribution in [1.82, 2.24) is 15.2 Å². The summed E-state index contributed by atoms with van der Waals surface area (Å²) in [5.74, 6) is 1.62. The van der Waals surface area contributed by atoms with Gasteiger partial charge in [-0.3, -0.25) is 0 Å². The molecule has 1 N–H and O–H groups in total. The molecule has 152 valence electrons. The van der Waals surface area contributed by atoms with Crippen LogP contribution < -0.4 is 10.1 Å². The van der Waals surface area contributed by atoms with Gasteiger partial charge in [0.05, 0.1) is 19.3 Å². The fourth-order valence-corrected chi connectivity index (χ4v) is 3.08. The summed E-state index contributed by atoms with van der Waals surface area (Å²) in [6.45, 7) is 9.49. The minimum atomic E-state index is 0.337. The number of guanidine groups is 1. The quantitative estimate of drug-likeness (QED) is 0.383. The monoisotopic (exact) mass is 378 g/mol. The normalized spacial score (nSPS) is 15.8. The van der Waals surface area contributed by atoms with Crippen molar-refractivity contribution in [3.63, 3.8) is 0 Å². The molecule has 2 rings (SSSR count). The van der Waals surface area contributed by atoms with Gasteiger partial charge in [0.15, 0.2) is 5.96 Å². The molecular weight excluding hydrogens is 344 g/mol. The Morgan fingerprint density at radius 3 is 2.81 bits per heavy atom. The van der Waals surface area contributed by atoms with Crippen molar-refractivity contribution < 1.29 is 14.2 Å². The average molecular weight is 379 g/mol. The van der Waals surface area contributed by atoms with Crippen LogP contribution in [-0.2, 0) is 16.0 Å². The number of hydrogen-bond acceptors (Lipinski definition) is 5. The van der Waals surface area contributed by atoms with Crippen LogP contribution in [0.4, 0.5) is 0 Å². The Balaban J connectivity index is 1.89. The van der Waals surface area contributed by atoms with Crippen LogP contribution in [-0.4, -0.2) is 68.5 Å². The van der Waals surface area contributed by atoms with E-state index in [1.54, 1.807) is 13.3 Å². The number of rotatable bonds is 10. The molecule has 7 nitrogen and oxygen atoms in total. The van der Waals surface area contributed by atoms with Gasteiger partial charge in [-0.2, -0.15) is 0 Å². The summed E-state index contributed by atoms with van der Waals surface area (Å²) in [6, 6.07) is 3.94. The number of hydrogen-bond donors (Lipinski definition) is 1. The molecule has 1 aromatic rings. The van der Waals surface area contributed by atoms with E-state index in [9.17, 15) is 0 Å². The maximum atomic E-state index is 5.95. The van der Waals surface area contributed by atoms with Gasteiger partial charge in [0.1, 0.15) is 0 Å². The fourth-order valence-electron chi connectivity index (χ4n) is 3.08. The first-order valence-electron chi connectivity index (χ1n) is 9.98. The number of aliphatic imine (C=N–C) groups is 1. The highest BCUT2D eigenvalue weighted by Crippen LogP contribution is 2.17. The SMILES string of the molecule is CCNC(=NCc1cccnc1OCC)N1CCC(OCCCOC)CC1. The van der Waals surface area contributed by atoms with E-state index in [4.69, 9.17) is 19.2 Å². The van der Waals surface area contributed by atoms with Gasteiger partial charge in [0.2, 0.25) is 5.88 Å². The van der Waals surface area contributed by atoms with Crippen LogP contribution in [0.3, 0.4) is 0 Å². The van der Waals surface area contributed by atoms with E-state index in [0.717, 1.165) is 63.6 Å². The minimum Gasteiger partial charge on any atom is -0.478 e. The molecule has 0 aromatic carbocycles. The molecule has 1 aliphatic heterocycles. The Labute approximate surface area is 163 Å². The Kier molecular flexibility index (Phi) is 9.94. The first kappa shape index (κ1) is 21.4. The molecule has 1 aliphatic rings. The van der Waals surface area contributed by atoms with Crippen LogP contribution in [0.5, 0.6) is 5.88 Å². The molecule has 0 atom stereocenters. The molecule has 1 saturated heterocycles. The first-order valence-corrected chi connectivity index (χ1v) is 9.98. The molecule has 0 spiro atoms.